The van der Waals surface area contributed by atoms with Crippen LogP contribution in [0.5, 0.6) is 0 Å². The van der Waals surface area contributed by atoms with E-state index in [4.69, 9.17) is 4.74 Å². The normalized spacial score (nSPS) is 16.2. The van der Waals surface area contributed by atoms with Gasteiger partial charge >= 0.3 is 6.09 Å². The molecule has 0 spiro atoms. The number of hydrogen-bond donors (Lipinski definition) is 2. The summed E-state index contributed by atoms with van der Waals surface area (Å²) in [5, 5.41) is 2.74. The number of rotatable bonds is 8. The van der Waals surface area contributed by atoms with Gasteiger partial charge in [0.15, 0.2) is 0 Å². The Kier molecular flexibility index (Phi) is 7.19. The highest BCUT2D eigenvalue weighted by Gasteiger charge is 2.38. The van der Waals surface area contributed by atoms with Crippen LogP contribution in [0.25, 0.3) is 0 Å². The molecule has 3 aromatic rings. The molecule has 170 valence electrons. The van der Waals surface area contributed by atoms with Gasteiger partial charge in [0, 0.05) is 19.2 Å². The summed E-state index contributed by atoms with van der Waals surface area (Å²) in [6.07, 6.45) is 2.66. The Morgan fingerprint density at radius 1 is 0.970 bits per heavy atom. The number of hydrogen-bond acceptors (Lipinski definition) is 4. The van der Waals surface area contributed by atoms with Gasteiger partial charge in [0.2, 0.25) is 11.7 Å². The Bertz CT molecular complexity index is 1070. The zero-order valence-corrected chi connectivity index (χ0v) is 18.3. The smallest absolute Gasteiger partial charge is 0.408 e. The number of H-pyrrole nitrogens is 1. The second-order valence-corrected chi connectivity index (χ2v) is 8.09. The number of aromatic nitrogens is 1. The number of ketones is 1. The third-order valence-corrected chi connectivity index (χ3v) is 5.79. The number of ether oxygens (including phenoxy) is 1. The summed E-state index contributed by atoms with van der Waals surface area (Å²) in [6, 6.07) is 20.9. The van der Waals surface area contributed by atoms with Crippen molar-refractivity contribution in [1.82, 2.24) is 15.2 Å². The van der Waals surface area contributed by atoms with E-state index in [1.54, 1.807) is 23.2 Å². The van der Waals surface area contributed by atoms with Crippen LogP contribution >= 0.6 is 0 Å². The van der Waals surface area contributed by atoms with Crippen molar-refractivity contribution in [2.24, 2.45) is 0 Å². The van der Waals surface area contributed by atoms with E-state index in [2.05, 4.69) is 10.3 Å². The molecule has 2 heterocycles. The van der Waals surface area contributed by atoms with Crippen LogP contribution in [0.15, 0.2) is 79.0 Å². The molecule has 0 aliphatic carbocycles. The van der Waals surface area contributed by atoms with Crippen molar-refractivity contribution < 1.29 is 19.1 Å². The number of aromatic amines is 1. The van der Waals surface area contributed by atoms with E-state index < -0.39 is 18.2 Å². The molecule has 1 aromatic heterocycles. The molecule has 4 rings (SSSR count). The molecule has 1 saturated heterocycles. The number of carbonyl (C=O) groups excluding carboxylic acids is 3. The molecule has 1 fully saturated rings. The number of amides is 2. The highest BCUT2D eigenvalue weighted by Crippen LogP contribution is 2.22. The topological polar surface area (TPSA) is 91.5 Å². The first-order chi connectivity index (χ1) is 16.1. The maximum Gasteiger partial charge on any atom is 0.408 e. The second-order valence-electron chi connectivity index (χ2n) is 8.09. The van der Waals surface area contributed by atoms with Crippen LogP contribution < -0.4 is 5.32 Å². The molecule has 2 atom stereocenters. The van der Waals surface area contributed by atoms with Crippen molar-refractivity contribution in [2.45, 2.75) is 38.0 Å². The maximum absolute atomic E-state index is 13.5. The summed E-state index contributed by atoms with van der Waals surface area (Å²) in [5.74, 6) is -0.395. The molecule has 33 heavy (non-hydrogen) atoms. The van der Waals surface area contributed by atoms with E-state index in [1.165, 1.54) is 0 Å². The Balaban J connectivity index is 1.47. The van der Waals surface area contributed by atoms with Crippen LogP contribution in [0, 0.1) is 0 Å². The average Bonchev–Trinajstić information content (AvgIpc) is 3.55. The number of nitrogens with zero attached hydrogens (tertiary/aromatic N) is 1. The lowest BCUT2D eigenvalue weighted by molar-refractivity contribution is -0.133. The molecular weight excluding hydrogens is 418 g/mol. The van der Waals surface area contributed by atoms with Gasteiger partial charge in [-0.1, -0.05) is 60.7 Å². The van der Waals surface area contributed by atoms with Crippen molar-refractivity contribution in [2.75, 3.05) is 6.54 Å². The molecule has 0 unspecified atom stereocenters. The first-order valence-electron chi connectivity index (χ1n) is 11.1. The van der Waals surface area contributed by atoms with E-state index in [0.717, 1.165) is 17.5 Å². The van der Waals surface area contributed by atoms with E-state index in [1.807, 2.05) is 60.7 Å². The molecule has 2 N–H and O–H groups in total. The Morgan fingerprint density at radius 2 is 1.67 bits per heavy atom. The van der Waals surface area contributed by atoms with Crippen molar-refractivity contribution in [3.8, 4) is 0 Å². The Labute approximate surface area is 192 Å². The predicted octanol–water partition coefficient (Wildman–Crippen LogP) is 3.73. The van der Waals surface area contributed by atoms with Gasteiger partial charge in [0.1, 0.15) is 12.6 Å². The molecule has 1 aliphatic rings. The number of likely N-dealkylation sites (tertiary alicyclic amines) is 1. The van der Waals surface area contributed by atoms with Gasteiger partial charge in [-0.05, 0) is 36.1 Å². The minimum atomic E-state index is -0.840. The molecule has 7 nitrogen and oxygen atoms in total. The Hall–Kier alpha value is -3.87. The highest BCUT2D eigenvalue weighted by atomic mass is 16.5. The average molecular weight is 446 g/mol. The van der Waals surface area contributed by atoms with E-state index in [-0.39, 0.29) is 18.3 Å². The predicted molar refractivity (Wildman–Crippen MR) is 124 cm³/mol. The fourth-order valence-corrected chi connectivity index (χ4v) is 4.12. The van der Waals surface area contributed by atoms with Crippen LogP contribution in [-0.2, 0) is 22.6 Å². The summed E-state index contributed by atoms with van der Waals surface area (Å²) in [6.45, 7) is 0.582. The van der Waals surface area contributed by atoms with Gasteiger partial charge in [-0.25, -0.2) is 4.79 Å². The molecule has 1 aliphatic heterocycles. The lowest BCUT2D eigenvalue weighted by atomic mass is 10.0. The maximum atomic E-state index is 13.5. The highest BCUT2D eigenvalue weighted by molar-refractivity contribution is 6.01. The molecule has 2 amide bonds. The number of carbonyl (C=O) groups is 3. The summed E-state index contributed by atoms with van der Waals surface area (Å²) < 4.78 is 5.35. The van der Waals surface area contributed by atoms with Crippen LogP contribution in [0.1, 0.15) is 34.5 Å². The summed E-state index contributed by atoms with van der Waals surface area (Å²) in [5.41, 5.74) is 2.25. The fourth-order valence-electron chi connectivity index (χ4n) is 4.12. The van der Waals surface area contributed by atoms with Crippen molar-refractivity contribution >= 4 is 17.8 Å². The van der Waals surface area contributed by atoms with E-state index in [9.17, 15) is 14.4 Å². The first-order valence-corrected chi connectivity index (χ1v) is 11.1. The van der Waals surface area contributed by atoms with Crippen LogP contribution in [0.4, 0.5) is 4.79 Å². The standard InChI is InChI=1S/C26H27N3O4/c30-24(21-13-7-15-27-21)23-14-8-16-29(23)25(31)22(17-19-9-3-1-4-10-19)28-26(32)33-18-20-11-5-2-6-12-20/h1-7,9-13,15,22-23,27H,8,14,16-18H2,(H,28,32)/t22-,23-/m0/s1. The molecular formula is C26H27N3O4. The quantitative estimate of drug-likeness (QED) is 0.517. The van der Waals surface area contributed by atoms with Crippen molar-refractivity contribution in [3.63, 3.8) is 0 Å². The van der Waals surface area contributed by atoms with Gasteiger partial charge in [-0.2, -0.15) is 0 Å². The zero-order chi connectivity index (χ0) is 23.0. The van der Waals surface area contributed by atoms with Gasteiger partial charge in [-0.3, -0.25) is 9.59 Å². The number of nitrogens with one attached hydrogen (secondary N) is 2. The lowest BCUT2D eigenvalue weighted by Crippen LogP contribution is -2.52. The number of Topliss-reactive ketones (excluding diaryl/α,β-unsaturated/α-hetero) is 1. The van der Waals surface area contributed by atoms with Crippen LogP contribution in [0.2, 0.25) is 0 Å². The molecule has 0 radical (unpaired) electrons. The third kappa shape index (κ3) is 5.68. The first kappa shape index (κ1) is 22.3. The van der Waals surface area contributed by atoms with Crippen molar-refractivity contribution in [3.05, 3.63) is 95.8 Å². The molecule has 7 heteroatoms. The summed E-state index contributed by atoms with van der Waals surface area (Å²) in [4.78, 5) is 43.6. The largest absolute Gasteiger partial charge is 0.445 e. The minimum absolute atomic E-state index is 0.108. The zero-order valence-electron chi connectivity index (χ0n) is 18.3. The molecule has 0 bridgehead atoms. The van der Waals surface area contributed by atoms with Gasteiger partial charge in [0.05, 0.1) is 11.7 Å². The molecule has 2 aromatic carbocycles. The van der Waals surface area contributed by atoms with E-state index >= 15 is 0 Å². The summed E-state index contributed by atoms with van der Waals surface area (Å²) >= 11 is 0. The summed E-state index contributed by atoms with van der Waals surface area (Å²) in [7, 11) is 0. The fraction of sp³-hybridized carbons (Fsp3) is 0.269. The minimum Gasteiger partial charge on any atom is -0.445 e. The van der Waals surface area contributed by atoms with Gasteiger partial charge in [0.25, 0.3) is 0 Å². The number of alkyl carbamates (subject to hydrolysis) is 1. The van der Waals surface area contributed by atoms with Gasteiger partial charge < -0.3 is 19.9 Å². The lowest BCUT2D eigenvalue weighted by Gasteiger charge is -2.28. The second kappa shape index (κ2) is 10.6. The van der Waals surface area contributed by atoms with E-state index in [0.29, 0.717) is 25.1 Å². The van der Waals surface area contributed by atoms with Crippen LogP contribution in [0.3, 0.4) is 0 Å². The SMILES string of the molecule is O=C(N[C@@H](Cc1ccccc1)C(=O)N1CCC[C@H]1C(=O)c1ccc[nH]1)OCc1ccccc1. The molecule has 0 saturated carbocycles. The Morgan fingerprint density at radius 3 is 2.33 bits per heavy atom. The third-order valence-electron chi connectivity index (χ3n) is 5.79. The van der Waals surface area contributed by atoms with Gasteiger partial charge in [-0.15, -0.1) is 0 Å². The number of benzene rings is 2. The van der Waals surface area contributed by atoms with Crippen LogP contribution in [-0.4, -0.2) is 46.3 Å². The monoisotopic (exact) mass is 445 g/mol. The van der Waals surface area contributed by atoms with Crippen molar-refractivity contribution in [1.29, 1.82) is 0 Å².